The number of hydrogen-bond acceptors (Lipinski definition) is 5. The first-order valence-corrected chi connectivity index (χ1v) is 6.50. The molecule has 0 radical (unpaired) electrons. The van der Waals surface area contributed by atoms with Crippen molar-refractivity contribution >= 4 is 0 Å². The van der Waals surface area contributed by atoms with Crippen molar-refractivity contribution in [2.75, 3.05) is 19.8 Å². The van der Waals surface area contributed by atoms with Crippen LogP contribution in [0.4, 0.5) is 0 Å². The van der Waals surface area contributed by atoms with Crippen molar-refractivity contribution in [2.45, 2.75) is 39.8 Å². The molecule has 1 aromatic heterocycles. The van der Waals surface area contributed by atoms with Crippen LogP contribution in [0.5, 0.6) is 5.88 Å². The number of rotatable bonds is 9. The average molecular weight is 253 g/mol. The molecule has 5 heteroatoms. The van der Waals surface area contributed by atoms with Gasteiger partial charge >= 0.3 is 0 Å². The van der Waals surface area contributed by atoms with Gasteiger partial charge in [-0.1, -0.05) is 6.92 Å². The van der Waals surface area contributed by atoms with Gasteiger partial charge in [0, 0.05) is 12.6 Å². The van der Waals surface area contributed by atoms with Gasteiger partial charge in [-0.2, -0.15) is 5.10 Å². The minimum atomic E-state index is 0.228. The van der Waals surface area contributed by atoms with E-state index in [-0.39, 0.29) is 6.10 Å². The lowest BCUT2D eigenvalue weighted by Gasteiger charge is -2.08. The molecule has 0 aromatic carbocycles. The zero-order valence-corrected chi connectivity index (χ0v) is 11.5. The van der Waals surface area contributed by atoms with Crippen molar-refractivity contribution in [1.29, 1.82) is 0 Å². The Bertz CT molecular complexity index is 315. The van der Waals surface area contributed by atoms with Crippen LogP contribution < -0.4 is 10.1 Å². The third kappa shape index (κ3) is 6.51. The molecular formula is C13H23N3O2. The molecule has 0 saturated heterocycles. The van der Waals surface area contributed by atoms with Gasteiger partial charge in [0.15, 0.2) is 0 Å². The van der Waals surface area contributed by atoms with Crippen LogP contribution >= 0.6 is 0 Å². The Morgan fingerprint density at radius 3 is 2.67 bits per heavy atom. The molecule has 0 bridgehead atoms. The van der Waals surface area contributed by atoms with E-state index in [1.807, 2.05) is 26.0 Å². The van der Waals surface area contributed by atoms with Crippen LogP contribution in [0.25, 0.3) is 0 Å². The molecule has 0 aliphatic heterocycles. The van der Waals surface area contributed by atoms with Crippen LogP contribution in [0.1, 0.15) is 32.9 Å². The fourth-order valence-corrected chi connectivity index (χ4v) is 1.34. The maximum Gasteiger partial charge on any atom is 0.233 e. The predicted octanol–water partition coefficient (Wildman–Crippen LogP) is 1.78. The van der Waals surface area contributed by atoms with Crippen molar-refractivity contribution in [3.05, 3.63) is 17.8 Å². The Morgan fingerprint density at radius 1 is 1.22 bits per heavy atom. The van der Waals surface area contributed by atoms with Gasteiger partial charge in [-0.15, -0.1) is 5.10 Å². The standard InChI is InChI=1S/C13H23N3O2/c1-4-7-14-10-12-5-6-13(16-15-12)18-9-8-17-11(2)3/h5-6,11,14H,4,7-10H2,1-3H3. The fourth-order valence-electron chi connectivity index (χ4n) is 1.34. The largest absolute Gasteiger partial charge is 0.474 e. The lowest BCUT2D eigenvalue weighted by molar-refractivity contribution is 0.0540. The minimum absolute atomic E-state index is 0.228. The molecule has 18 heavy (non-hydrogen) atoms. The first-order chi connectivity index (χ1) is 8.72. The molecule has 0 amide bonds. The quantitative estimate of drug-likeness (QED) is 0.680. The molecule has 1 rings (SSSR count). The first-order valence-electron chi connectivity index (χ1n) is 6.50. The second kappa shape index (κ2) is 8.83. The summed E-state index contributed by atoms with van der Waals surface area (Å²) in [4.78, 5) is 0. The first kappa shape index (κ1) is 14.9. The molecule has 0 spiro atoms. The number of nitrogens with zero attached hydrogens (tertiary/aromatic N) is 2. The second-order valence-electron chi connectivity index (χ2n) is 4.31. The molecule has 5 nitrogen and oxygen atoms in total. The molecule has 0 aliphatic carbocycles. The molecular weight excluding hydrogens is 230 g/mol. The third-order valence-corrected chi connectivity index (χ3v) is 2.21. The van der Waals surface area contributed by atoms with Crippen LogP contribution in [0.2, 0.25) is 0 Å². The van der Waals surface area contributed by atoms with Gasteiger partial charge in [0.05, 0.1) is 18.4 Å². The molecule has 102 valence electrons. The highest BCUT2D eigenvalue weighted by molar-refractivity contribution is 5.11. The predicted molar refractivity (Wildman–Crippen MR) is 70.6 cm³/mol. The van der Waals surface area contributed by atoms with E-state index in [1.165, 1.54) is 0 Å². The fraction of sp³-hybridized carbons (Fsp3) is 0.692. The smallest absolute Gasteiger partial charge is 0.233 e. The van der Waals surface area contributed by atoms with Gasteiger partial charge < -0.3 is 14.8 Å². The van der Waals surface area contributed by atoms with Gasteiger partial charge in [-0.25, -0.2) is 0 Å². The van der Waals surface area contributed by atoms with Gasteiger partial charge in [0.25, 0.3) is 0 Å². The highest BCUT2D eigenvalue weighted by Gasteiger charge is 1.99. The average Bonchev–Trinajstić information content (AvgIpc) is 2.36. The van der Waals surface area contributed by atoms with Crippen LogP contribution in [0.15, 0.2) is 12.1 Å². The van der Waals surface area contributed by atoms with Crippen molar-refractivity contribution < 1.29 is 9.47 Å². The summed E-state index contributed by atoms with van der Waals surface area (Å²) in [6, 6.07) is 3.76. The SMILES string of the molecule is CCCNCc1ccc(OCCOC(C)C)nn1. The van der Waals surface area contributed by atoms with E-state index in [2.05, 4.69) is 22.4 Å². The van der Waals surface area contributed by atoms with Crippen LogP contribution in [-0.4, -0.2) is 36.1 Å². The molecule has 1 aromatic rings. The van der Waals surface area contributed by atoms with E-state index >= 15 is 0 Å². The molecule has 1 heterocycles. The van der Waals surface area contributed by atoms with Crippen LogP contribution in [0.3, 0.4) is 0 Å². The Labute approximate surface area is 109 Å². The lowest BCUT2D eigenvalue weighted by atomic mass is 10.3. The normalized spacial score (nSPS) is 10.9. The number of aromatic nitrogens is 2. The van der Waals surface area contributed by atoms with Gasteiger partial charge in [0.2, 0.25) is 5.88 Å². The summed E-state index contributed by atoms with van der Waals surface area (Å²) in [6.45, 7) is 8.94. The second-order valence-corrected chi connectivity index (χ2v) is 4.31. The Kier molecular flexibility index (Phi) is 7.29. The molecule has 0 fully saturated rings. The Hall–Kier alpha value is -1.20. The number of ether oxygens (including phenoxy) is 2. The van der Waals surface area contributed by atoms with Gasteiger partial charge in [-0.05, 0) is 32.9 Å². The van der Waals surface area contributed by atoms with Crippen molar-refractivity contribution in [3.8, 4) is 5.88 Å². The topological polar surface area (TPSA) is 56.3 Å². The highest BCUT2D eigenvalue weighted by Crippen LogP contribution is 2.04. The lowest BCUT2D eigenvalue weighted by Crippen LogP contribution is -2.15. The summed E-state index contributed by atoms with van der Waals surface area (Å²) in [6.07, 6.45) is 1.34. The van der Waals surface area contributed by atoms with Crippen molar-refractivity contribution in [3.63, 3.8) is 0 Å². The summed E-state index contributed by atoms with van der Waals surface area (Å²) in [5.74, 6) is 0.543. The molecule has 0 saturated carbocycles. The monoisotopic (exact) mass is 253 g/mol. The van der Waals surface area contributed by atoms with E-state index in [4.69, 9.17) is 9.47 Å². The number of nitrogens with one attached hydrogen (secondary N) is 1. The third-order valence-electron chi connectivity index (χ3n) is 2.21. The summed E-state index contributed by atoms with van der Waals surface area (Å²) in [5.41, 5.74) is 0.925. The maximum absolute atomic E-state index is 5.42. The van der Waals surface area contributed by atoms with E-state index < -0.39 is 0 Å². The molecule has 0 atom stereocenters. The number of hydrogen-bond donors (Lipinski definition) is 1. The van der Waals surface area contributed by atoms with E-state index in [9.17, 15) is 0 Å². The Morgan fingerprint density at radius 2 is 2.06 bits per heavy atom. The van der Waals surface area contributed by atoms with Gasteiger partial charge in [0.1, 0.15) is 6.61 Å². The van der Waals surface area contributed by atoms with Crippen LogP contribution in [0, 0.1) is 0 Å². The van der Waals surface area contributed by atoms with E-state index in [0.29, 0.717) is 19.1 Å². The highest BCUT2D eigenvalue weighted by atomic mass is 16.5. The van der Waals surface area contributed by atoms with Crippen molar-refractivity contribution in [2.24, 2.45) is 0 Å². The van der Waals surface area contributed by atoms with Crippen LogP contribution in [-0.2, 0) is 11.3 Å². The zero-order valence-electron chi connectivity index (χ0n) is 11.5. The molecule has 0 unspecified atom stereocenters. The molecule has 0 aliphatic rings. The van der Waals surface area contributed by atoms with Gasteiger partial charge in [-0.3, -0.25) is 0 Å². The summed E-state index contributed by atoms with van der Waals surface area (Å²) in [5, 5.41) is 11.4. The summed E-state index contributed by atoms with van der Waals surface area (Å²) in [7, 11) is 0. The Balaban J connectivity index is 2.23. The van der Waals surface area contributed by atoms with Crippen molar-refractivity contribution in [1.82, 2.24) is 15.5 Å². The maximum atomic E-state index is 5.42. The summed E-state index contributed by atoms with van der Waals surface area (Å²) >= 11 is 0. The van der Waals surface area contributed by atoms with E-state index in [0.717, 1.165) is 25.2 Å². The summed E-state index contributed by atoms with van der Waals surface area (Å²) < 4.78 is 10.8. The zero-order chi connectivity index (χ0) is 13.2. The van der Waals surface area contributed by atoms with E-state index in [1.54, 1.807) is 0 Å². The minimum Gasteiger partial charge on any atom is -0.474 e. The molecule has 1 N–H and O–H groups in total.